The first-order valence-electron chi connectivity index (χ1n) is 6.30. The molecule has 0 unspecified atom stereocenters. The molecule has 3 aromatic rings. The molecule has 18 heavy (non-hydrogen) atoms. The number of nitrogens with zero attached hydrogens (tertiary/aromatic N) is 2. The second-order valence-electron chi connectivity index (χ2n) is 5.10. The lowest BCUT2D eigenvalue weighted by Crippen LogP contribution is -1.93. The molecular weight excluding hydrogens is 220 g/mol. The minimum absolute atomic E-state index is 0.949. The molecule has 0 amide bonds. The van der Waals surface area contributed by atoms with Crippen molar-refractivity contribution >= 4 is 11.0 Å². The van der Waals surface area contributed by atoms with E-state index >= 15 is 0 Å². The SMILES string of the molecule is Cc1cc2nc3n(c2cc1C)Cc1ccccc1-3. The van der Waals surface area contributed by atoms with E-state index in [0.29, 0.717) is 0 Å². The Morgan fingerprint density at radius 1 is 1.06 bits per heavy atom. The number of hydrogen-bond acceptors (Lipinski definition) is 1. The molecule has 0 atom stereocenters. The van der Waals surface area contributed by atoms with Crippen LogP contribution in [0.4, 0.5) is 0 Å². The Balaban J connectivity index is 2.08. The van der Waals surface area contributed by atoms with Crippen molar-refractivity contribution in [2.45, 2.75) is 20.4 Å². The van der Waals surface area contributed by atoms with E-state index in [1.54, 1.807) is 0 Å². The van der Waals surface area contributed by atoms with Crippen molar-refractivity contribution in [2.24, 2.45) is 0 Å². The first kappa shape index (κ1) is 9.89. The zero-order valence-electron chi connectivity index (χ0n) is 10.6. The van der Waals surface area contributed by atoms with Crippen LogP contribution in [-0.2, 0) is 6.54 Å². The summed E-state index contributed by atoms with van der Waals surface area (Å²) < 4.78 is 2.33. The summed E-state index contributed by atoms with van der Waals surface area (Å²) in [7, 11) is 0. The van der Waals surface area contributed by atoms with Crippen LogP contribution in [0.15, 0.2) is 36.4 Å². The Hall–Kier alpha value is -2.09. The van der Waals surface area contributed by atoms with Crippen LogP contribution in [-0.4, -0.2) is 9.55 Å². The van der Waals surface area contributed by atoms with Crippen molar-refractivity contribution in [3.05, 3.63) is 53.1 Å². The predicted molar refractivity (Wildman–Crippen MR) is 73.7 cm³/mol. The summed E-state index contributed by atoms with van der Waals surface area (Å²) in [5, 5.41) is 0. The smallest absolute Gasteiger partial charge is 0.141 e. The van der Waals surface area contributed by atoms with Crippen LogP contribution >= 0.6 is 0 Å². The molecule has 1 aliphatic rings. The van der Waals surface area contributed by atoms with E-state index in [9.17, 15) is 0 Å². The lowest BCUT2D eigenvalue weighted by molar-refractivity contribution is 0.878. The summed E-state index contributed by atoms with van der Waals surface area (Å²) >= 11 is 0. The fourth-order valence-electron chi connectivity index (χ4n) is 2.79. The summed E-state index contributed by atoms with van der Waals surface area (Å²) in [6.45, 7) is 5.26. The van der Waals surface area contributed by atoms with Gasteiger partial charge in [-0.25, -0.2) is 4.98 Å². The highest BCUT2D eigenvalue weighted by Crippen LogP contribution is 2.35. The molecule has 4 rings (SSSR count). The zero-order chi connectivity index (χ0) is 12.3. The Morgan fingerprint density at radius 2 is 1.83 bits per heavy atom. The highest BCUT2D eigenvalue weighted by atomic mass is 15.1. The second-order valence-corrected chi connectivity index (χ2v) is 5.10. The van der Waals surface area contributed by atoms with Crippen molar-refractivity contribution < 1.29 is 0 Å². The largest absolute Gasteiger partial charge is 0.319 e. The third-order valence-corrected chi connectivity index (χ3v) is 3.95. The van der Waals surface area contributed by atoms with Gasteiger partial charge in [-0.2, -0.15) is 0 Å². The van der Waals surface area contributed by atoms with Crippen LogP contribution < -0.4 is 0 Å². The van der Waals surface area contributed by atoms with Crippen LogP contribution in [0.3, 0.4) is 0 Å². The van der Waals surface area contributed by atoms with Crippen molar-refractivity contribution in [1.82, 2.24) is 9.55 Å². The van der Waals surface area contributed by atoms with E-state index in [4.69, 9.17) is 4.98 Å². The van der Waals surface area contributed by atoms with Crippen LogP contribution in [0, 0.1) is 13.8 Å². The Labute approximate surface area is 106 Å². The van der Waals surface area contributed by atoms with Gasteiger partial charge in [-0.3, -0.25) is 0 Å². The normalized spacial score (nSPS) is 12.8. The maximum absolute atomic E-state index is 4.80. The Kier molecular flexibility index (Phi) is 1.77. The van der Waals surface area contributed by atoms with Crippen LogP contribution in [0.25, 0.3) is 22.4 Å². The number of aromatic nitrogens is 2. The van der Waals surface area contributed by atoms with E-state index in [2.05, 4.69) is 54.8 Å². The summed E-state index contributed by atoms with van der Waals surface area (Å²) in [5.41, 5.74) is 7.67. The van der Waals surface area contributed by atoms with Gasteiger partial charge in [0, 0.05) is 5.56 Å². The van der Waals surface area contributed by atoms with E-state index in [0.717, 1.165) is 17.9 Å². The molecule has 2 heteroatoms. The number of rotatable bonds is 0. The van der Waals surface area contributed by atoms with Gasteiger partial charge in [-0.1, -0.05) is 24.3 Å². The third kappa shape index (κ3) is 1.15. The molecule has 0 spiro atoms. The summed E-state index contributed by atoms with van der Waals surface area (Å²) in [5.74, 6) is 1.12. The van der Waals surface area contributed by atoms with Crippen molar-refractivity contribution in [1.29, 1.82) is 0 Å². The molecule has 2 aromatic carbocycles. The molecule has 0 saturated heterocycles. The molecule has 88 valence electrons. The molecular formula is C16H14N2. The van der Waals surface area contributed by atoms with Gasteiger partial charge in [0.1, 0.15) is 5.82 Å². The molecule has 2 heterocycles. The second kappa shape index (κ2) is 3.22. The molecule has 2 nitrogen and oxygen atoms in total. The van der Waals surface area contributed by atoms with E-state index in [1.807, 2.05) is 0 Å². The Bertz CT molecular complexity index is 781. The zero-order valence-corrected chi connectivity index (χ0v) is 10.6. The summed E-state index contributed by atoms with van der Waals surface area (Å²) in [6.07, 6.45) is 0. The average molecular weight is 234 g/mol. The first-order chi connectivity index (χ1) is 8.74. The quantitative estimate of drug-likeness (QED) is 0.454. The number of aryl methyl sites for hydroxylation is 2. The molecule has 0 saturated carbocycles. The number of imidazole rings is 1. The van der Waals surface area contributed by atoms with Crippen LogP contribution in [0.2, 0.25) is 0 Å². The van der Waals surface area contributed by atoms with Gasteiger partial charge in [0.25, 0.3) is 0 Å². The van der Waals surface area contributed by atoms with Crippen LogP contribution in [0.1, 0.15) is 16.7 Å². The van der Waals surface area contributed by atoms with Crippen molar-refractivity contribution in [2.75, 3.05) is 0 Å². The van der Waals surface area contributed by atoms with Gasteiger partial charge in [-0.05, 0) is 42.7 Å². The molecule has 0 fully saturated rings. The molecule has 0 N–H and O–H groups in total. The highest BCUT2D eigenvalue weighted by Gasteiger charge is 2.22. The van der Waals surface area contributed by atoms with E-state index in [-0.39, 0.29) is 0 Å². The first-order valence-corrected chi connectivity index (χ1v) is 6.30. The van der Waals surface area contributed by atoms with Crippen molar-refractivity contribution in [3.63, 3.8) is 0 Å². The lowest BCUT2D eigenvalue weighted by Gasteiger charge is -2.02. The monoisotopic (exact) mass is 234 g/mol. The topological polar surface area (TPSA) is 17.8 Å². The molecule has 0 bridgehead atoms. The number of hydrogen-bond donors (Lipinski definition) is 0. The minimum atomic E-state index is 0.949. The van der Waals surface area contributed by atoms with Gasteiger partial charge in [-0.15, -0.1) is 0 Å². The van der Waals surface area contributed by atoms with E-state index < -0.39 is 0 Å². The maximum atomic E-state index is 4.80. The van der Waals surface area contributed by atoms with Gasteiger partial charge in [0.15, 0.2) is 0 Å². The predicted octanol–water partition coefficient (Wildman–Crippen LogP) is 3.68. The maximum Gasteiger partial charge on any atom is 0.141 e. The van der Waals surface area contributed by atoms with Gasteiger partial charge in [0.05, 0.1) is 17.6 Å². The van der Waals surface area contributed by atoms with E-state index in [1.165, 1.54) is 27.8 Å². The molecule has 0 aliphatic carbocycles. The fourth-order valence-corrected chi connectivity index (χ4v) is 2.79. The van der Waals surface area contributed by atoms with Crippen LogP contribution in [0.5, 0.6) is 0 Å². The molecule has 1 aromatic heterocycles. The van der Waals surface area contributed by atoms with Crippen molar-refractivity contribution in [3.8, 4) is 11.4 Å². The fraction of sp³-hybridized carbons (Fsp3) is 0.188. The highest BCUT2D eigenvalue weighted by molar-refractivity contribution is 5.84. The summed E-state index contributed by atoms with van der Waals surface area (Å²) in [6, 6.07) is 13.0. The molecule has 1 aliphatic heterocycles. The molecule has 0 radical (unpaired) electrons. The Morgan fingerprint density at radius 3 is 2.72 bits per heavy atom. The number of benzene rings is 2. The summed E-state index contributed by atoms with van der Waals surface area (Å²) in [4.78, 5) is 4.80. The minimum Gasteiger partial charge on any atom is -0.319 e. The van der Waals surface area contributed by atoms with Gasteiger partial charge >= 0.3 is 0 Å². The average Bonchev–Trinajstić information content (AvgIpc) is 2.87. The van der Waals surface area contributed by atoms with Gasteiger partial charge in [0.2, 0.25) is 0 Å². The standard InChI is InChI=1S/C16H14N2/c1-10-7-14-15(8-11(10)2)18-9-12-5-3-4-6-13(12)16(18)17-14/h3-8H,9H2,1-2H3. The van der Waals surface area contributed by atoms with Gasteiger partial charge < -0.3 is 4.57 Å². The number of fused-ring (bicyclic) bond motifs is 5. The third-order valence-electron chi connectivity index (χ3n) is 3.95. The lowest BCUT2D eigenvalue weighted by atomic mass is 10.1.